The van der Waals surface area contributed by atoms with E-state index in [9.17, 15) is 9.59 Å². The Kier molecular flexibility index (Phi) is 6.50. The summed E-state index contributed by atoms with van der Waals surface area (Å²) in [5, 5.41) is 7.62. The number of pyridine rings is 1. The molecule has 0 aliphatic carbocycles. The highest BCUT2D eigenvalue weighted by Gasteiger charge is 2.22. The summed E-state index contributed by atoms with van der Waals surface area (Å²) in [7, 11) is 0. The number of amides is 1. The molecule has 0 aliphatic heterocycles. The van der Waals surface area contributed by atoms with Crippen LogP contribution in [0, 0.1) is 12.7 Å². The zero-order valence-corrected chi connectivity index (χ0v) is 20.0. The number of esters is 1. The first-order chi connectivity index (χ1) is 16.7. The Hall–Kier alpha value is -4.27. The molecule has 2 N–H and O–H groups in total. The van der Waals surface area contributed by atoms with Crippen LogP contribution in [0.3, 0.4) is 0 Å². The van der Waals surface area contributed by atoms with Crippen molar-refractivity contribution in [3.8, 4) is 22.4 Å². The highest BCUT2D eigenvalue weighted by molar-refractivity contribution is 6.06. The van der Waals surface area contributed by atoms with E-state index in [2.05, 4.69) is 27.0 Å². The Balaban J connectivity index is 0.00000241. The summed E-state index contributed by atoms with van der Waals surface area (Å²) in [6.45, 7) is 11.2. The highest BCUT2D eigenvalue weighted by atomic mass is 19.1. The van der Waals surface area contributed by atoms with Crippen molar-refractivity contribution in [3.63, 3.8) is 0 Å². The molecule has 0 unspecified atom stereocenters. The van der Waals surface area contributed by atoms with E-state index in [4.69, 9.17) is 4.74 Å². The molecule has 0 spiro atoms. The SMILES string of the molecule is C=CC(=O)Nc1cc(-c2c(-c3cnn(CC)c3)[nH]c3ncc(C(=O)OC(C)C)cc23)cc(F)c1C.[HH].[HH]. The molecule has 1 amide bonds. The van der Waals surface area contributed by atoms with Crippen LogP contribution in [0.5, 0.6) is 0 Å². The second-order valence-electron chi connectivity index (χ2n) is 8.36. The lowest BCUT2D eigenvalue weighted by Gasteiger charge is -2.12. The predicted octanol–water partition coefficient (Wildman–Crippen LogP) is 5.74. The van der Waals surface area contributed by atoms with Crippen LogP contribution < -0.4 is 5.32 Å². The molecule has 0 saturated heterocycles. The molecule has 0 fully saturated rings. The molecule has 0 bridgehead atoms. The fourth-order valence-corrected chi connectivity index (χ4v) is 3.78. The quantitative estimate of drug-likeness (QED) is 0.260. The minimum atomic E-state index is -0.504. The van der Waals surface area contributed by atoms with Crippen molar-refractivity contribution < 1.29 is 21.6 Å². The summed E-state index contributed by atoms with van der Waals surface area (Å²) in [5.41, 5.74) is 3.94. The molecule has 35 heavy (non-hydrogen) atoms. The average Bonchev–Trinajstić information content (AvgIpc) is 3.45. The van der Waals surface area contributed by atoms with Gasteiger partial charge in [-0.25, -0.2) is 14.2 Å². The van der Waals surface area contributed by atoms with Gasteiger partial charge in [-0.3, -0.25) is 9.48 Å². The van der Waals surface area contributed by atoms with E-state index in [1.807, 2.05) is 13.1 Å². The van der Waals surface area contributed by atoms with Gasteiger partial charge in [-0.1, -0.05) is 6.58 Å². The van der Waals surface area contributed by atoms with Crippen LogP contribution in [-0.4, -0.2) is 37.7 Å². The molecule has 184 valence electrons. The van der Waals surface area contributed by atoms with E-state index < -0.39 is 17.7 Å². The topological polar surface area (TPSA) is 102 Å². The molecule has 3 aromatic heterocycles. The maximum atomic E-state index is 15.0. The number of hydrogen-bond acceptors (Lipinski definition) is 5. The summed E-state index contributed by atoms with van der Waals surface area (Å²) >= 11 is 0. The predicted molar refractivity (Wildman–Crippen MR) is 137 cm³/mol. The van der Waals surface area contributed by atoms with Crippen molar-refractivity contribution in [1.29, 1.82) is 0 Å². The number of aryl methyl sites for hydroxylation is 1. The number of hydrogen-bond donors (Lipinski definition) is 2. The molecule has 4 rings (SSSR count). The van der Waals surface area contributed by atoms with Crippen LogP contribution in [0.25, 0.3) is 33.4 Å². The zero-order valence-electron chi connectivity index (χ0n) is 20.0. The molecule has 1 aromatic carbocycles. The summed E-state index contributed by atoms with van der Waals surface area (Å²) in [4.78, 5) is 32.2. The van der Waals surface area contributed by atoms with Gasteiger partial charge >= 0.3 is 5.97 Å². The van der Waals surface area contributed by atoms with Crippen LogP contribution in [0.4, 0.5) is 10.1 Å². The van der Waals surface area contributed by atoms with Crippen molar-refractivity contribution in [2.24, 2.45) is 0 Å². The van der Waals surface area contributed by atoms with Gasteiger partial charge in [-0.2, -0.15) is 5.10 Å². The van der Waals surface area contributed by atoms with Gasteiger partial charge in [0.25, 0.3) is 0 Å². The number of aromatic amines is 1. The number of rotatable bonds is 7. The number of nitrogens with one attached hydrogen (secondary N) is 2. The standard InChI is InChI=1S/C26H26FN5O3.2H2/c1-6-22(33)30-21-10-16(9-20(27)15(21)5)23-19-8-17(26(34)35-14(3)4)11-28-25(19)31-24(23)18-12-29-32(7-2)13-18;;/h6,8-14H,1,7H2,2-5H3,(H,28,31)(H,30,33);2*1H. The molecule has 0 radical (unpaired) electrons. The lowest BCUT2D eigenvalue weighted by Crippen LogP contribution is -2.11. The van der Waals surface area contributed by atoms with Crippen molar-refractivity contribution >= 4 is 28.6 Å². The van der Waals surface area contributed by atoms with E-state index in [1.165, 1.54) is 12.3 Å². The van der Waals surface area contributed by atoms with E-state index in [0.29, 0.717) is 45.6 Å². The number of benzene rings is 1. The van der Waals surface area contributed by atoms with Gasteiger partial charge in [0.1, 0.15) is 11.5 Å². The monoisotopic (exact) mass is 479 g/mol. The molecule has 8 nitrogen and oxygen atoms in total. The maximum absolute atomic E-state index is 15.0. The number of aromatic nitrogens is 4. The van der Waals surface area contributed by atoms with Gasteiger partial charge in [-0.15, -0.1) is 0 Å². The Morgan fingerprint density at radius 3 is 2.71 bits per heavy atom. The third-order valence-electron chi connectivity index (χ3n) is 5.55. The Morgan fingerprint density at radius 1 is 1.29 bits per heavy atom. The number of nitrogens with zero attached hydrogens (tertiary/aromatic N) is 3. The number of anilines is 1. The van der Waals surface area contributed by atoms with Crippen LogP contribution in [-0.2, 0) is 16.1 Å². The first kappa shape index (κ1) is 23.9. The van der Waals surface area contributed by atoms with Gasteiger partial charge in [0.15, 0.2) is 0 Å². The normalized spacial score (nSPS) is 11.1. The van der Waals surface area contributed by atoms with Crippen LogP contribution >= 0.6 is 0 Å². The molecule has 0 saturated carbocycles. The van der Waals surface area contributed by atoms with Gasteiger partial charge in [-0.05, 0) is 57.5 Å². The van der Waals surface area contributed by atoms with E-state index in [0.717, 1.165) is 11.6 Å². The molecule has 0 aliphatic rings. The molecular weight excluding hydrogens is 449 g/mol. The van der Waals surface area contributed by atoms with Crippen LogP contribution in [0.2, 0.25) is 0 Å². The number of halogens is 1. The molecule has 0 atom stereocenters. The van der Waals surface area contributed by atoms with Crippen molar-refractivity contribution in [2.45, 2.75) is 40.3 Å². The Bertz CT molecular complexity index is 1460. The second-order valence-corrected chi connectivity index (χ2v) is 8.36. The van der Waals surface area contributed by atoms with Crippen molar-refractivity contribution in [1.82, 2.24) is 19.7 Å². The lowest BCUT2D eigenvalue weighted by atomic mass is 9.97. The molecule has 4 aromatic rings. The van der Waals surface area contributed by atoms with Gasteiger partial charge in [0, 0.05) is 49.6 Å². The highest BCUT2D eigenvalue weighted by Crippen LogP contribution is 2.40. The first-order valence-electron chi connectivity index (χ1n) is 11.2. The Morgan fingerprint density at radius 2 is 2.06 bits per heavy atom. The van der Waals surface area contributed by atoms with Gasteiger partial charge in [0.2, 0.25) is 5.91 Å². The fourth-order valence-electron chi connectivity index (χ4n) is 3.78. The average molecular weight is 480 g/mol. The van der Waals surface area contributed by atoms with Crippen LogP contribution in [0.1, 0.15) is 39.5 Å². The van der Waals surface area contributed by atoms with Gasteiger partial charge in [0.05, 0.1) is 23.6 Å². The summed E-state index contributed by atoms with van der Waals surface area (Å²) in [5.74, 6) is -1.45. The van der Waals surface area contributed by atoms with Gasteiger partial charge < -0.3 is 15.0 Å². The van der Waals surface area contributed by atoms with Crippen LogP contribution in [0.15, 0.2) is 49.4 Å². The second kappa shape index (κ2) is 9.54. The minimum absolute atomic E-state index is 0. The Labute approximate surface area is 204 Å². The maximum Gasteiger partial charge on any atom is 0.339 e. The molecule has 3 heterocycles. The largest absolute Gasteiger partial charge is 0.459 e. The fraction of sp³-hybridized carbons (Fsp3) is 0.231. The molecular formula is C26H30FN5O3. The third-order valence-corrected chi connectivity index (χ3v) is 5.55. The van der Waals surface area contributed by atoms with Crippen molar-refractivity contribution in [3.05, 3.63) is 66.4 Å². The zero-order chi connectivity index (χ0) is 25.3. The minimum Gasteiger partial charge on any atom is -0.459 e. The lowest BCUT2D eigenvalue weighted by molar-refractivity contribution is -0.111. The molecule has 9 heteroatoms. The number of ether oxygens (including phenoxy) is 1. The summed E-state index contributed by atoms with van der Waals surface area (Å²) in [6.07, 6.45) is 5.85. The van der Waals surface area contributed by atoms with E-state index in [-0.39, 0.29) is 14.5 Å². The van der Waals surface area contributed by atoms with Crippen molar-refractivity contribution in [2.75, 3.05) is 5.32 Å². The summed E-state index contributed by atoms with van der Waals surface area (Å²) < 4.78 is 22.1. The number of carbonyl (C=O) groups excluding carboxylic acids is 2. The van der Waals surface area contributed by atoms with E-state index >= 15 is 4.39 Å². The summed E-state index contributed by atoms with van der Waals surface area (Å²) in [6, 6.07) is 4.76. The number of carbonyl (C=O) groups is 2. The third kappa shape index (κ3) is 4.70. The first-order valence-corrected chi connectivity index (χ1v) is 11.2. The number of fused-ring (bicyclic) bond motifs is 1. The van der Waals surface area contributed by atoms with E-state index in [1.54, 1.807) is 43.8 Å². The smallest absolute Gasteiger partial charge is 0.339 e. The number of H-pyrrole nitrogens is 1.